The average Bonchev–Trinajstić information content (AvgIpc) is 2.61. The van der Waals surface area contributed by atoms with E-state index >= 15 is 0 Å². The molecular formula is C11H9NO5. The second-order valence-electron chi connectivity index (χ2n) is 3.65. The number of hydrogen-bond acceptors (Lipinski definition) is 4. The predicted octanol–water partition coefficient (Wildman–Crippen LogP) is 0.131. The molecule has 1 amide bonds. The van der Waals surface area contributed by atoms with Gasteiger partial charge in [-0.25, -0.2) is 9.59 Å². The van der Waals surface area contributed by atoms with Gasteiger partial charge in [0.15, 0.2) is 0 Å². The quantitative estimate of drug-likeness (QED) is 0.726. The zero-order valence-electron chi connectivity index (χ0n) is 8.67. The molecule has 0 spiro atoms. The first-order valence-electron chi connectivity index (χ1n) is 4.90. The number of carbonyl (C=O) groups excluding carboxylic acids is 2. The minimum Gasteiger partial charge on any atom is -0.478 e. The second-order valence-corrected chi connectivity index (χ2v) is 3.65. The fraction of sp³-hybridized carbons (Fsp3) is 0.182. The Morgan fingerprint density at radius 3 is 2.41 bits per heavy atom. The van der Waals surface area contributed by atoms with E-state index in [2.05, 4.69) is 4.84 Å². The van der Waals surface area contributed by atoms with Crippen LogP contribution in [0.2, 0.25) is 0 Å². The van der Waals surface area contributed by atoms with Crippen LogP contribution in [0.1, 0.15) is 15.9 Å². The summed E-state index contributed by atoms with van der Waals surface area (Å²) >= 11 is 0. The lowest BCUT2D eigenvalue weighted by molar-refractivity contribution is -0.146. The summed E-state index contributed by atoms with van der Waals surface area (Å²) < 4.78 is 0. The molecule has 1 unspecified atom stereocenters. The van der Waals surface area contributed by atoms with E-state index in [0.29, 0.717) is 5.56 Å². The van der Waals surface area contributed by atoms with Gasteiger partial charge >= 0.3 is 11.9 Å². The molecule has 6 heteroatoms. The number of amides is 1. The van der Waals surface area contributed by atoms with Crippen LogP contribution in [0.3, 0.4) is 0 Å². The minimum atomic E-state index is -1.02. The highest BCUT2D eigenvalue weighted by atomic mass is 16.7. The van der Waals surface area contributed by atoms with Gasteiger partial charge in [-0.3, -0.25) is 4.79 Å². The minimum absolute atomic E-state index is 0.159. The molecule has 88 valence electrons. The van der Waals surface area contributed by atoms with Gasteiger partial charge in [-0.05, 0) is 24.1 Å². The fourth-order valence-electron chi connectivity index (χ4n) is 1.55. The highest BCUT2D eigenvalue weighted by Gasteiger charge is 2.35. The molecule has 0 aliphatic carbocycles. The van der Waals surface area contributed by atoms with Crippen LogP contribution >= 0.6 is 0 Å². The van der Waals surface area contributed by atoms with Crippen molar-refractivity contribution in [1.29, 1.82) is 0 Å². The summed E-state index contributed by atoms with van der Waals surface area (Å²) in [7, 11) is 0. The van der Waals surface area contributed by atoms with Crippen molar-refractivity contribution in [3.05, 3.63) is 35.4 Å². The molecule has 1 aliphatic rings. The Balaban J connectivity index is 2.11. The van der Waals surface area contributed by atoms with Crippen LogP contribution in [-0.4, -0.2) is 23.0 Å². The molecular weight excluding hydrogens is 226 g/mol. The van der Waals surface area contributed by atoms with E-state index in [1.807, 2.05) is 5.48 Å². The first-order chi connectivity index (χ1) is 8.08. The van der Waals surface area contributed by atoms with Crippen LogP contribution in [0.25, 0.3) is 0 Å². The Hall–Kier alpha value is -2.37. The van der Waals surface area contributed by atoms with E-state index in [0.717, 1.165) is 0 Å². The Kier molecular flexibility index (Phi) is 2.78. The summed E-state index contributed by atoms with van der Waals surface area (Å²) in [5.74, 6) is -2.96. The van der Waals surface area contributed by atoms with Crippen molar-refractivity contribution in [3.8, 4) is 0 Å². The van der Waals surface area contributed by atoms with Gasteiger partial charge in [-0.15, -0.1) is 0 Å². The van der Waals surface area contributed by atoms with Crippen LogP contribution in [0.15, 0.2) is 24.3 Å². The van der Waals surface area contributed by atoms with E-state index in [9.17, 15) is 14.4 Å². The van der Waals surface area contributed by atoms with Gasteiger partial charge in [0.2, 0.25) is 0 Å². The van der Waals surface area contributed by atoms with Crippen LogP contribution < -0.4 is 5.48 Å². The topological polar surface area (TPSA) is 92.7 Å². The molecule has 0 radical (unpaired) electrons. The van der Waals surface area contributed by atoms with E-state index < -0.39 is 23.8 Å². The normalized spacial score (nSPS) is 18.7. The molecule has 1 heterocycles. The van der Waals surface area contributed by atoms with Crippen LogP contribution in [-0.2, 0) is 20.8 Å². The number of carboxylic acid groups (broad SMARTS) is 1. The molecule has 1 atom stereocenters. The molecule has 1 saturated heterocycles. The van der Waals surface area contributed by atoms with Crippen LogP contribution in [0, 0.1) is 5.92 Å². The molecule has 1 aromatic carbocycles. The predicted molar refractivity (Wildman–Crippen MR) is 54.8 cm³/mol. The van der Waals surface area contributed by atoms with E-state index in [1.165, 1.54) is 12.1 Å². The van der Waals surface area contributed by atoms with Gasteiger partial charge in [0, 0.05) is 0 Å². The van der Waals surface area contributed by atoms with Gasteiger partial charge in [0.05, 0.1) is 5.56 Å². The third kappa shape index (κ3) is 2.25. The average molecular weight is 235 g/mol. The van der Waals surface area contributed by atoms with Crippen LogP contribution in [0.5, 0.6) is 0 Å². The van der Waals surface area contributed by atoms with Crippen molar-refractivity contribution in [3.63, 3.8) is 0 Å². The number of carboxylic acids is 1. The molecule has 0 bridgehead atoms. The summed E-state index contributed by atoms with van der Waals surface area (Å²) in [6, 6.07) is 6.00. The molecule has 1 fully saturated rings. The molecule has 17 heavy (non-hydrogen) atoms. The first kappa shape index (κ1) is 11.1. The highest BCUT2D eigenvalue weighted by molar-refractivity contribution is 6.01. The number of carbonyl (C=O) groups is 3. The molecule has 0 saturated carbocycles. The second kappa shape index (κ2) is 4.25. The summed E-state index contributed by atoms with van der Waals surface area (Å²) in [5.41, 5.74) is 2.85. The Bertz CT molecular complexity index is 463. The van der Waals surface area contributed by atoms with Gasteiger partial charge < -0.3 is 9.94 Å². The zero-order valence-corrected chi connectivity index (χ0v) is 8.67. The van der Waals surface area contributed by atoms with Gasteiger partial charge in [-0.2, -0.15) is 5.48 Å². The number of hydroxylamine groups is 1. The van der Waals surface area contributed by atoms with E-state index in [1.54, 1.807) is 12.1 Å². The molecule has 2 rings (SSSR count). The SMILES string of the molecule is O=C(O)c1ccc(CC2C(=O)NOC2=O)cc1. The summed E-state index contributed by atoms with van der Waals surface area (Å²) in [6.07, 6.45) is 0.199. The smallest absolute Gasteiger partial charge is 0.345 e. The summed E-state index contributed by atoms with van der Waals surface area (Å²) in [4.78, 5) is 37.4. The molecule has 0 aromatic heterocycles. The highest BCUT2D eigenvalue weighted by Crippen LogP contribution is 2.15. The fourth-order valence-corrected chi connectivity index (χ4v) is 1.55. The standard InChI is InChI=1S/C11H9NO5/c13-9-8(11(16)17-12-9)5-6-1-3-7(4-2-6)10(14)15/h1-4,8H,5H2,(H,12,13)(H,14,15). The Morgan fingerprint density at radius 2 is 1.94 bits per heavy atom. The summed E-state index contributed by atoms with van der Waals surface area (Å²) in [6.45, 7) is 0. The van der Waals surface area contributed by atoms with Crippen molar-refractivity contribution in [2.75, 3.05) is 0 Å². The number of aromatic carboxylic acids is 1. The first-order valence-corrected chi connectivity index (χ1v) is 4.90. The molecule has 1 aliphatic heterocycles. The maximum atomic E-state index is 11.2. The van der Waals surface area contributed by atoms with Gasteiger partial charge in [-0.1, -0.05) is 12.1 Å². The van der Waals surface area contributed by atoms with E-state index in [-0.39, 0.29) is 12.0 Å². The van der Waals surface area contributed by atoms with E-state index in [4.69, 9.17) is 5.11 Å². The Labute approximate surface area is 96.1 Å². The largest absolute Gasteiger partial charge is 0.478 e. The molecule has 2 N–H and O–H groups in total. The molecule has 6 nitrogen and oxygen atoms in total. The number of hydrogen-bond donors (Lipinski definition) is 2. The maximum absolute atomic E-state index is 11.2. The monoisotopic (exact) mass is 235 g/mol. The number of rotatable bonds is 3. The lowest BCUT2D eigenvalue weighted by Gasteiger charge is -2.03. The van der Waals surface area contributed by atoms with Crippen molar-refractivity contribution in [2.45, 2.75) is 6.42 Å². The lowest BCUT2D eigenvalue weighted by Crippen LogP contribution is -2.21. The number of nitrogens with one attached hydrogen (secondary N) is 1. The maximum Gasteiger partial charge on any atom is 0.345 e. The van der Waals surface area contributed by atoms with Crippen molar-refractivity contribution in [2.24, 2.45) is 5.92 Å². The van der Waals surface area contributed by atoms with Crippen LogP contribution in [0.4, 0.5) is 0 Å². The third-order valence-electron chi connectivity index (χ3n) is 2.49. The lowest BCUT2D eigenvalue weighted by atomic mass is 9.98. The summed E-state index contributed by atoms with van der Waals surface area (Å²) in [5, 5.41) is 8.71. The van der Waals surface area contributed by atoms with Gasteiger partial charge in [0.25, 0.3) is 5.91 Å². The van der Waals surface area contributed by atoms with Crippen molar-refractivity contribution >= 4 is 17.8 Å². The number of benzene rings is 1. The van der Waals surface area contributed by atoms with Crippen molar-refractivity contribution < 1.29 is 24.3 Å². The Morgan fingerprint density at radius 1 is 1.29 bits per heavy atom. The van der Waals surface area contributed by atoms with Crippen molar-refractivity contribution in [1.82, 2.24) is 5.48 Å². The van der Waals surface area contributed by atoms with Gasteiger partial charge in [0.1, 0.15) is 5.92 Å². The third-order valence-corrected chi connectivity index (χ3v) is 2.49. The zero-order chi connectivity index (χ0) is 12.4. The molecule has 1 aromatic rings.